The van der Waals surface area contributed by atoms with E-state index in [4.69, 9.17) is 14.6 Å². The van der Waals surface area contributed by atoms with Crippen LogP contribution in [0.2, 0.25) is 0 Å². The summed E-state index contributed by atoms with van der Waals surface area (Å²) >= 11 is 1.05. The normalized spacial score (nSPS) is 11.7. The molecule has 9 nitrogen and oxygen atoms in total. The molecule has 0 N–H and O–H groups in total. The number of halogens is 1. The highest BCUT2D eigenvalue weighted by molar-refractivity contribution is 7.15. The summed E-state index contributed by atoms with van der Waals surface area (Å²) in [5.41, 5.74) is 2.43. The van der Waals surface area contributed by atoms with E-state index in [1.807, 2.05) is 49.4 Å². The Hall–Kier alpha value is -5.16. The molecule has 0 unspecified atom stereocenters. The van der Waals surface area contributed by atoms with E-state index >= 15 is 0 Å². The number of thiazole rings is 1. The first kappa shape index (κ1) is 28.0. The van der Waals surface area contributed by atoms with Crippen molar-refractivity contribution in [3.8, 4) is 28.4 Å². The van der Waals surface area contributed by atoms with Crippen LogP contribution < -0.4 is 25.1 Å². The van der Waals surface area contributed by atoms with Crippen molar-refractivity contribution >= 4 is 22.4 Å². The minimum absolute atomic E-state index is 0.155. The van der Waals surface area contributed by atoms with Crippen LogP contribution in [0.25, 0.3) is 28.0 Å². The molecule has 0 amide bonds. The third-order valence-electron chi connectivity index (χ3n) is 6.70. The Balaban J connectivity index is 1.44. The lowest BCUT2D eigenvalue weighted by molar-refractivity contribution is 0.301. The molecule has 0 bridgehead atoms. The quantitative estimate of drug-likeness (QED) is 0.244. The maximum absolute atomic E-state index is 14.9. The molecule has 0 aliphatic rings. The van der Waals surface area contributed by atoms with Gasteiger partial charge in [0.05, 0.1) is 23.9 Å². The highest BCUT2D eigenvalue weighted by Gasteiger charge is 2.16. The van der Waals surface area contributed by atoms with E-state index in [0.717, 1.165) is 33.5 Å². The minimum Gasteiger partial charge on any atom is -0.497 e. The number of rotatable bonds is 9. The number of benzene rings is 3. The first-order valence-corrected chi connectivity index (χ1v) is 14.4. The molecular weight excluding hydrogens is 569 g/mol. The predicted octanol–water partition coefficient (Wildman–Crippen LogP) is 4.44. The second-order valence-corrected chi connectivity index (χ2v) is 10.7. The zero-order valence-electron chi connectivity index (χ0n) is 23.4. The van der Waals surface area contributed by atoms with Crippen LogP contribution in [0.4, 0.5) is 4.39 Å². The highest BCUT2D eigenvalue weighted by Crippen LogP contribution is 2.29. The smallest absolute Gasteiger partial charge is 0.296 e. The standard InChI is InChI=1S/C32H26FN5O4S/c1-3-15-42-27-14-11-21(17-25(27)33)29-22(19-37(36-29)23-7-5-4-6-8-23)18-28-31(40)38-32(43-28)34-30(39)26(35-38)16-20-9-12-24(41-2)13-10-20/h4-14,17-19H,3,15-16H2,1-2H3. The van der Waals surface area contributed by atoms with E-state index in [2.05, 4.69) is 10.1 Å². The van der Waals surface area contributed by atoms with Gasteiger partial charge in [0, 0.05) is 23.7 Å². The van der Waals surface area contributed by atoms with Gasteiger partial charge >= 0.3 is 0 Å². The second kappa shape index (κ2) is 12.0. The van der Waals surface area contributed by atoms with E-state index in [1.54, 1.807) is 48.3 Å². The zero-order chi connectivity index (χ0) is 29.9. The van der Waals surface area contributed by atoms with Gasteiger partial charge in [0.2, 0.25) is 4.96 Å². The summed E-state index contributed by atoms with van der Waals surface area (Å²) < 4.78 is 28.8. The molecule has 0 spiro atoms. The number of methoxy groups -OCH3 is 1. The van der Waals surface area contributed by atoms with Crippen LogP contribution >= 0.6 is 11.3 Å². The summed E-state index contributed by atoms with van der Waals surface area (Å²) in [5.74, 6) is 0.353. The molecule has 3 aromatic heterocycles. The molecule has 11 heteroatoms. The van der Waals surface area contributed by atoms with Crippen LogP contribution in [-0.4, -0.2) is 38.1 Å². The lowest BCUT2D eigenvalue weighted by atomic mass is 10.1. The van der Waals surface area contributed by atoms with Crippen molar-refractivity contribution in [3.05, 3.63) is 127 Å². The molecule has 0 saturated heterocycles. The summed E-state index contributed by atoms with van der Waals surface area (Å²) in [6.07, 6.45) is 4.41. The van der Waals surface area contributed by atoms with Gasteiger partial charge < -0.3 is 9.47 Å². The first-order valence-electron chi connectivity index (χ1n) is 13.6. The average Bonchev–Trinajstić information content (AvgIpc) is 3.58. The number of fused-ring (bicyclic) bond motifs is 1. The molecule has 0 fully saturated rings. The molecule has 3 aromatic carbocycles. The largest absolute Gasteiger partial charge is 0.497 e. The van der Waals surface area contributed by atoms with E-state index in [9.17, 15) is 14.0 Å². The monoisotopic (exact) mass is 595 g/mol. The summed E-state index contributed by atoms with van der Waals surface area (Å²) in [6.45, 7) is 2.36. The van der Waals surface area contributed by atoms with E-state index in [1.165, 1.54) is 6.07 Å². The number of nitrogens with zero attached hydrogens (tertiary/aromatic N) is 5. The van der Waals surface area contributed by atoms with Gasteiger partial charge in [0.15, 0.2) is 11.6 Å². The number of hydrogen-bond donors (Lipinski definition) is 0. The van der Waals surface area contributed by atoms with E-state index in [0.29, 0.717) is 33.7 Å². The SMILES string of the molecule is CCCOc1ccc(-c2nn(-c3ccccc3)cc2C=c2sc3nc(=O)c(Cc4ccc(OC)cc4)nn3c2=O)cc1F. The maximum atomic E-state index is 14.9. The number of hydrogen-bond acceptors (Lipinski definition) is 8. The van der Waals surface area contributed by atoms with Gasteiger partial charge in [-0.1, -0.05) is 48.6 Å². The summed E-state index contributed by atoms with van der Waals surface area (Å²) in [7, 11) is 1.58. The van der Waals surface area contributed by atoms with Gasteiger partial charge in [-0.05, 0) is 60.5 Å². The lowest BCUT2D eigenvalue weighted by Gasteiger charge is -2.07. The van der Waals surface area contributed by atoms with Gasteiger partial charge in [-0.3, -0.25) is 9.59 Å². The summed E-state index contributed by atoms with van der Waals surface area (Å²) in [4.78, 5) is 30.6. The fourth-order valence-corrected chi connectivity index (χ4v) is 5.43. The molecule has 6 aromatic rings. The minimum atomic E-state index is -0.506. The highest BCUT2D eigenvalue weighted by atomic mass is 32.1. The van der Waals surface area contributed by atoms with Crippen LogP contribution in [0.15, 0.2) is 88.6 Å². The fourth-order valence-electron chi connectivity index (χ4n) is 4.54. The lowest BCUT2D eigenvalue weighted by Crippen LogP contribution is -2.28. The molecule has 3 heterocycles. The average molecular weight is 596 g/mol. The van der Waals surface area contributed by atoms with Gasteiger partial charge in [-0.2, -0.15) is 19.7 Å². The predicted molar refractivity (Wildman–Crippen MR) is 163 cm³/mol. The molecule has 6 rings (SSSR count). The topological polar surface area (TPSA) is 101 Å². The Morgan fingerprint density at radius 3 is 2.51 bits per heavy atom. The van der Waals surface area contributed by atoms with Crippen molar-refractivity contribution < 1.29 is 13.9 Å². The molecule has 0 saturated carbocycles. The summed E-state index contributed by atoms with van der Waals surface area (Å²) in [6, 6.07) is 21.4. The third kappa shape index (κ3) is 5.80. The van der Waals surface area contributed by atoms with Crippen LogP contribution in [0.5, 0.6) is 11.5 Å². The van der Waals surface area contributed by atoms with Gasteiger partial charge in [0.25, 0.3) is 11.1 Å². The number of aromatic nitrogens is 5. The van der Waals surface area contributed by atoms with Crippen LogP contribution in [0, 0.1) is 5.82 Å². The second-order valence-electron chi connectivity index (χ2n) is 9.71. The molecule has 0 aliphatic heterocycles. The van der Waals surface area contributed by atoms with Crippen molar-refractivity contribution in [2.75, 3.05) is 13.7 Å². The Kier molecular flexibility index (Phi) is 7.80. The van der Waals surface area contributed by atoms with Crippen molar-refractivity contribution in [3.63, 3.8) is 0 Å². The van der Waals surface area contributed by atoms with Crippen molar-refractivity contribution in [1.82, 2.24) is 24.4 Å². The van der Waals surface area contributed by atoms with Crippen LogP contribution in [0.3, 0.4) is 0 Å². The van der Waals surface area contributed by atoms with Crippen molar-refractivity contribution in [2.24, 2.45) is 0 Å². The van der Waals surface area contributed by atoms with Gasteiger partial charge in [-0.25, -0.2) is 9.07 Å². The third-order valence-corrected chi connectivity index (χ3v) is 7.66. The fraction of sp³-hybridized carbons (Fsp3) is 0.156. The molecule has 216 valence electrons. The van der Waals surface area contributed by atoms with Gasteiger partial charge in [-0.15, -0.1) is 0 Å². The molecule has 0 radical (unpaired) electrons. The van der Waals surface area contributed by atoms with E-state index in [-0.39, 0.29) is 22.8 Å². The molecule has 0 aliphatic carbocycles. The molecular formula is C32H26FN5O4S. The van der Waals surface area contributed by atoms with Crippen LogP contribution in [0.1, 0.15) is 30.2 Å². The van der Waals surface area contributed by atoms with Crippen molar-refractivity contribution in [1.29, 1.82) is 0 Å². The first-order chi connectivity index (χ1) is 20.9. The Morgan fingerprint density at radius 2 is 1.79 bits per heavy atom. The number of para-hydroxylation sites is 1. The zero-order valence-corrected chi connectivity index (χ0v) is 24.2. The maximum Gasteiger partial charge on any atom is 0.296 e. The Morgan fingerprint density at radius 1 is 1.00 bits per heavy atom. The summed E-state index contributed by atoms with van der Waals surface area (Å²) in [5, 5.41) is 9.09. The Labute approximate surface area is 249 Å². The van der Waals surface area contributed by atoms with Crippen molar-refractivity contribution in [2.45, 2.75) is 19.8 Å². The Bertz CT molecular complexity index is 2090. The molecule has 0 atom stereocenters. The van der Waals surface area contributed by atoms with Crippen LogP contribution in [-0.2, 0) is 6.42 Å². The number of ether oxygens (including phenoxy) is 2. The molecule has 43 heavy (non-hydrogen) atoms. The van der Waals surface area contributed by atoms with E-state index < -0.39 is 16.9 Å². The van der Waals surface area contributed by atoms with Gasteiger partial charge in [0.1, 0.15) is 17.1 Å².